The molecule has 1 aliphatic heterocycles. The van der Waals surface area contributed by atoms with Crippen LogP contribution in [0.25, 0.3) is 0 Å². The molecule has 0 saturated heterocycles. The summed E-state index contributed by atoms with van der Waals surface area (Å²) < 4.78 is 69.3. The first kappa shape index (κ1) is 35.0. The van der Waals surface area contributed by atoms with Crippen LogP contribution in [0.2, 0.25) is 0 Å². The largest absolute Gasteiger partial charge is 0.497 e. The number of amides is 1. The van der Waals surface area contributed by atoms with E-state index in [2.05, 4.69) is 20.9 Å². The Labute approximate surface area is 280 Å². The van der Waals surface area contributed by atoms with E-state index in [0.29, 0.717) is 36.5 Å². The number of carbonyl (C=O) groups is 2. The third kappa shape index (κ3) is 7.70. The fraction of sp³-hybridized carbons (Fsp3) is 0.242. The lowest BCUT2D eigenvalue weighted by Crippen LogP contribution is -2.37. The van der Waals surface area contributed by atoms with Gasteiger partial charge in [-0.3, -0.25) is 4.79 Å². The number of rotatable bonds is 12. The van der Waals surface area contributed by atoms with E-state index in [1.54, 1.807) is 60.7 Å². The van der Waals surface area contributed by atoms with Crippen LogP contribution in [0.1, 0.15) is 45.7 Å². The van der Waals surface area contributed by atoms with Crippen LogP contribution in [-0.4, -0.2) is 44.8 Å². The van der Waals surface area contributed by atoms with Crippen LogP contribution in [0, 0.1) is 0 Å². The van der Waals surface area contributed by atoms with E-state index >= 15 is 0 Å². The number of carbonyl (C=O) groups excluding carboxylic acids is 2. The van der Waals surface area contributed by atoms with Crippen LogP contribution < -0.4 is 31.5 Å². The number of sulfone groups is 1. The number of ether oxygens (including phenoxy) is 1. The van der Waals surface area contributed by atoms with Crippen molar-refractivity contribution in [3.05, 3.63) is 101 Å². The van der Waals surface area contributed by atoms with Gasteiger partial charge in [-0.05, 0) is 59.0 Å². The van der Waals surface area contributed by atoms with Crippen molar-refractivity contribution in [2.24, 2.45) is 5.73 Å². The number of nitrogens with two attached hydrogens (primary N) is 1. The minimum atomic E-state index is -5.33. The molecule has 16 heteroatoms. The number of primary amides is 1. The summed E-state index contributed by atoms with van der Waals surface area (Å²) in [6.45, 7) is 2.76. The summed E-state index contributed by atoms with van der Waals surface area (Å²) in [5.74, 6) is -2.89. The standard InChI is InChI=1S/C33H33F3N6O6S/c1-4-24-21(17-38-16-19-8-14-23(15-9-19)49(3,45)46)6-5-7-26(24)40-27-25(29(37)43)18-39-30-28(27)42(48-32(44)33(34,35)36)31(41-30)20-10-12-22(47-2)13-11-20/h5-15,18,31,38H,4,16-17H2,1-3H3,(H2,37,43)(H2,39,40,41). The zero-order valence-electron chi connectivity index (χ0n) is 26.6. The molecule has 1 aromatic heterocycles. The Morgan fingerprint density at radius 2 is 1.73 bits per heavy atom. The van der Waals surface area contributed by atoms with Gasteiger partial charge in [-0.25, -0.2) is 18.2 Å². The summed E-state index contributed by atoms with van der Waals surface area (Å²) >= 11 is 0. The molecule has 1 amide bonds. The lowest BCUT2D eigenvalue weighted by atomic mass is 10.0. The monoisotopic (exact) mass is 698 g/mol. The Morgan fingerprint density at radius 3 is 2.33 bits per heavy atom. The van der Waals surface area contributed by atoms with E-state index in [1.807, 2.05) is 13.0 Å². The minimum Gasteiger partial charge on any atom is -0.497 e. The summed E-state index contributed by atoms with van der Waals surface area (Å²) in [5, 5.41) is 10.2. The van der Waals surface area contributed by atoms with E-state index in [1.165, 1.54) is 13.3 Å². The molecule has 5 N–H and O–H groups in total. The highest BCUT2D eigenvalue weighted by Gasteiger charge is 2.46. The van der Waals surface area contributed by atoms with Crippen molar-refractivity contribution < 1.29 is 40.8 Å². The molecule has 0 saturated carbocycles. The first-order valence-corrected chi connectivity index (χ1v) is 16.8. The zero-order chi connectivity index (χ0) is 35.5. The molecule has 1 atom stereocenters. The molecule has 0 radical (unpaired) electrons. The van der Waals surface area contributed by atoms with Gasteiger partial charge in [0, 0.05) is 31.2 Å². The second kappa shape index (κ2) is 14.0. The van der Waals surface area contributed by atoms with E-state index in [0.717, 1.165) is 28.0 Å². The maximum absolute atomic E-state index is 13.5. The van der Waals surface area contributed by atoms with E-state index in [9.17, 15) is 31.2 Å². The molecule has 2 heterocycles. The number of halogens is 3. The van der Waals surface area contributed by atoms with Crippen LogP contribution in [0.4, 0.5) is 36.1 Å². The fourth-order valence-electron chi connectivity index (χ4n) is 5.36. The second-order valence-electron chi connectivity index (χ2n) is 11.1. The summed E-state index contributed by atoms with van der Waals surface area (Å²) in [5.41, 5.74) is 8.86. The number of aromatic nitrogens is 1. The Hall–Kier alpha value is -5.35. The van der Waals surface area contributed by atoms with Crippen LogP contribution in [0.3, 0.4) is 0 Å². The number of benzene rings is 3. The number of anilines is 4. The Morgan fingerprint density at radius 1 is 1.04 bits per heavy atom. The number of hydrogen-bond donors (Lipinski definition) is 4. The predicted octanol–water partition coefficient (Wildman–Crippen LogP) is 5.14. The van der Waals surface area contributed by atoms with Crippen molar-refractivity contribution >= 4 is 44.6 Å². The van der Waals surface area contributed by atoms with Gasteiger partial charge in [-0.2, -0.15) is 18.2 Å². The van der Waals surface area contributed by atoms with Gasteiger partial charge >= 0.3 is 12.1 Å². The topological polar surface area (TPSA) is 165 Å². The molecule has 1 aliphatic rings. The third-order valence-corrected chi connectivity index (χ3v) is 8.90. The number of methoxy groups -OCH3 is 1. The average Bonchev–Trinajstić information content (AvgIpc) is 3.42. The second-order valence-corrected chi connectivity index (χ2v) is 13.1. The van der Waals surface area contributed by atoms with Crippen molar-refractivity contribution in [3.63, 3.8) is 0 Å². The van der Waals surface area contributed by atoms with Gasteiger partial charge < -0.3 is 31.3 Å². The van der Waals surface area contributed by atoms with Gasteiger partial charge in [-0.15, -0.1) is 0 Å². The predicted molar refractivity (Wildman–Crippen MR) is 176 cm³/mol. The van der Waals surface area contributed by atoms with E-state index in [-0.39, 0.29) is 27.7 Å². The van der Waals surface area contributed by atoms with Crippen molar-refractivity contribution in [1.82, 2.24) is 10.3 Å². The lowest BCUT2D eigenvalue weighted by molar-refractivity contribution is -0.201. The molecule has 3 aromatic carbocycles. The smallest absolute Gasteiger partial charge is 0.493 e. The Kier molecular flexibility index (Phi) is 10.0. The Bertz CT molecular complexity index is 1970. The summed E-state index contributed by atoms with van der Waals surface area (Å²) in [6.07, 6.45) is -3.66. The summed E-state index contributed by atoms with van der Waals surface area (Å²) in [7, 11) is -1.86. The molecular formula is C33H33F3N6O6S. The normalized spacial score (nSPS) is 14.2. The van der Waals surface area contributed by atoms with Gasteiger partial charge in [0.05, 0.1) is 23.3 Å². The number of hydrogen-bond acceptors (Lipinski definition) is 11. The van der Waals surface area contributed by atoms with Gasteiger partial charge in [-0.1, -0.05) is 43.3 Å². The molecule has 4 aromatic rings. The maximum Gasteiger partial charge on any atom is 0.493 e. The van der Waals surface area contributed by atoms with Crippen LogP contribution in [0.15, 0.2) is 77.8 Å². The number of alkyl halides is 3. The van der Waals surface area contributed by atoms with Crippen molar-refractivity contribution in [3.8, 4) is 5.75 Å². The number of nitrogens with one attached hydrogen (secondary N) is 3. The highest BCUT2D eigenvalue weighted by molar-refractivity contribution is 7.90. The van der Waals surface area contributed by atoms with Crippen LogP contribution >= 0.6 is 0 Å². The van der Waals surface area contributed by atoms with E-state index < -0.39 is 34.1 Å². The first-order valence-electron chi connectivity index (χ1n) is 14.9. The Balaban J connectivity index is 1.49. The number of pyridine rings is 1. The molecule has 12 nitrogen and oxygen atoms in total. The van der Waals surface area contributed by atoms with Crippen molar-refractivity contribution in [2.45, 2.75) is 43.7 Å². The first-order chi connectivity index (χ1) is 23.2. The molecule has 0 aliphatic carbocycles. The van der Waals surface area contributed by atoms with Gasteiger partial charge in [0.25, 0.3) is 5.91 Å². The summed E-state index contributed by atoms with van der Waals surface area (Å²) in [6, 6.07) is 18.3. The minimum absolute atomic E-state index is 0.0261. The SMILES string of the molecule is CCc1c(CNCc2ccc(S(C)(=O)=O)cc2)cccc1Nc1c(C(N)=O)cnc2c1N(OC(=O)C(F)(F)F)C(c1ccc(OC)cc1)N2. The molecular weight excluding hydrogens is 665 g/mol. The molecule has 49 heavy (non-hydrogen) atoms. The van der Waals surface area contributed by atoms with Crippen molar-refractivity contribution in [1.29, 1.82) is 0 Å². The molecule has 5 rings (SSSR count). The van der Waals surface area contributed by atoms with Crippen LogP contribution in [0.5, 0.6) is 5.75 Å². The lowest BCUT2D eigenvalue weighted by Gasteiger charge is -2.27. The quantitative estimate of drug-likeness (QED) is 0.155. The van der Waals surface area contributed by atoms with Crippen LogP contribution in [-0.2, 0) is 39.0 Å². The third-order valence-electron chi connectivity index (χ3n) is 7.77. The number of hydroxylamine groups is 1. The molecule has 0 bridgehead atoms. The van der Waals surface area contributed by atoms with Crippen molar-refractivity contribution in [2.75, 3.05) is 29.1 Å². The molecule has 258 valence electrons. The number of nitrogens with zero attached hydrogens (tertiary/aromatic N) is 2. The maximum atomic E-state index is 13.5. The fourth-order valence-corrected chi connectivity index (χ4v) is 5.99. The molecule has 0 fully saturated rings. The number of fused-ring (bicyclic) bond motifs is 1. The highest BCUT2D eigenvalue weighted by Crippen LogP contribution is 2.48. The zero-order valence-corrected chi connectivity index (χ0v) is 27.4. The average molecular weight is 699 g/mol. The van der Waals surface area contributed by atoms with Gasteiger partial charge in [0.1, 0.15) is 11.4 Å². The van der Waals surface area contributed by atoms with Gasteiger partial charge in [0.2, 0.25) is 0 Å². The van der Waals surface area contributed by atoms with Gasteiger partial charge in [0.15, 0.2) is 21.8 Å². The van der Waals surface area contributed by atoms with E-state index in [4.69, 9.17) is 15.3 Å². The molecule has 1 unspecified atom stereocenters. The summed E-state index contributed by atoms with van der Waals surface area (Å²) in [4.78, 5) is 34.2. The molecule has 0 spiro atoms. The highest BCUT2D eigenvalue weighted by atomic mass is 32.2.